The highest BCUT2D eigenvalue weighted by molar-refractivity contribution is 7.22. The molecule has 30 heavy (non-hydrogen) atoms. The van der Waals surface area contributed by atoms with Crippen molar-refractivity contribution in [2.75, 3.05) is 44.3 Å². The number of para-hydroxylation sites is 1. The second-order valence-electron chi connectivity index (χ2n) is 7.20. The standard InChI is InChI=1S/C22H23ClFN3O2S/c23-17-6-2-1-5-16(17)15-20(28)27(10-4-9-26-11-13-29-14-12-26)22-25-21-18(24)7-3-8-19(21)30-22/h1-3,5-8H,4,9-15H2. The van der Waals surface area contributed by atoms with Crippen molar-refractivity contribution in [1.29, 1.82) is 0 Å². The second-order valence-corrected chi connectivity index (χ2v) is 8.62. The Labute approximate surface area is 184 Å². The summed E-state index contributed by atoms with van der Waals surface area (Å²) >= 11 is 7.59. The number of fused-ring (bicyclic) bond motifs is 1. The lowest BCUT2D eigenvalue weighted by molar-refractivity contribution is -0.118. The lowest BCUT2D eigenvalue weighted by atomic mass is 10.1. The molecule has 0 saturated carbocycles. The van der Waals surface area contributed by atoms with Gasteiger partial charge in [0, 0.05) is 31.2 Å². The van der Waals surface area contributed by atoms with Crippen molar-refractivity contribution >= 4 is 44.2 Å². The van der Waals surface area contributed by atoms with Crippen LogP contribution in [-0.2, 0) is 16.0 Å². The predicted octanol–water partition coefficient (Wildman–Crippen LogP) is 4.39. The number of aromatic nitrogens is 1. The molecule has 1 aliphatic rings. The van der Waals surface area contributed by atoms with Crippen LogP contribution in [0.3, 0.4) is 0 Å². The van der Waals surface area contributed by atoms with Gasteiger partial charge < -0.3 is 4.74 Å². The summed E-state index contributed by atoms with van der Waals surface area (Å²) in [6.45, 7) is 4.68. The Hall–Kier alpha value is -2.06. The van der Waals surface area contributed by atoms with Crippen LogP contribution in [0.25, 0.3) is 10.2 Å². The number of thiazole rings is 1. The maximum Gasteiger partial charge on any atom is 0.233 e. The van der Waals surface area contributed by atoms with E-state index in [4.69, 9.17) is 16.3 Å². The van der Waals surface area contributed by atoms with E-state index < -0.39 is 0 Å². The summed E-state index contributed by atoms with van der Waals surface area (Å²) < 4.78 is 20.3. The summed E-state index contributed by atoms with van der Waals surface area (Å²) in [5.41, 5.74) is 1.08. The monoisotopic (exact) mass is 447 g/mol. The summed E-state index contributed by atoms with van der Waals surface area (Å²) in [6.07, 6.45) is 0.975. The number of rotatable bonds is 7. The number of ether oxygens (including phenoxy) is 1. The second kappa shape index (κ2) is 9.83. The van der Waals surface area contributed by atoms with Gasteiger partial charge in [-0.3, -0.25) is 14.6 Å². The molecule has 2 heterocycles. The van der Waals surface area contributed by atoms with E-state index in [2.05, 4.69) is 9.88 Å². The Balaban J connectivity index is 1.54. The molecule has 0 radical (unpaired) electrons. The summed E-state index contributed by atoms with van der Waals surface area (Å²) in [5, 5.41) is 1.09. The molecule has 0 unspecified atom stereocenters. The van der Waals surface area contributed by atoms with Crippen LogP contribution in [0.2, 0.25) is 5.02 Å². The van der Waals surface area contributed by atoms with E-state index >= 15 is 0 Å². The molecule has 1 aliphatic heterocycles. The van der Waals surface area contributed by atoms with Crippen LogP contribution in [0.5, 0.6) is 0 Å². The number of hydrogen-bond acceptors (Lipinski definition) is 5. The van der Waals surface area contributed by atoms with E-state index in [-0.39, 0.29) is 18.1 Å². The lowest BCUT2D eigenvalue weighted by Crippen LogP contribution is -2.39. The first-order chi connectivity index (χ1) is 14.6. The number of carbonyl (C=O) groups is 1. The van der Waals surface area contributed by atoms with Gasteiger partial charge in [-0.15, -0.1) is 0 Å². The highest BCUT2D eigenvalue weighted by atomic mass is 35.5. The molecule has 0 bridgehead atoms. The molecular weight excluding hydrogens is 425 g/mol. The minimum atomic E-state index is -0.373. The molecule has 1 saturated heterocycles. The van der Waals surface area contributed by atoms with Crippen LogP contribution in [-0.4, -0.2) is 55.2 Å². The zero-order chi connectivity index (χ0) is 20.9. The number of benzene rings is 2. The fourth-order valence-corrected chi connectivity index (χ4v) is 4.75. The molecule has 0 aliphatic carbocycles. The molecule has 1 aromatic heterocycles. The molecule has 0 atom stereocenters. The van der Waals surface area contributed by atoms with E-state index in [1.807, 2.05) is 24.3 Å². The fourth-order valence-electron chi connectivity index (χ4n) is 3.52. The number of amides is 1. The van der Waals surface area contributed by atoms with Crippen LogP contribution in [0, 0.1) is 5.82 Å². The van der Waals surface area contributed by atoms with Gasteiger partial charge in [-0.1, -0.05) is 47.2 Å². The SMILES string of the molecule is O=C(Cc1ccccc1Cl)N(CCCN1CCOCC1)c1nc2c(F)cccc2s1. The zero-order valence-corrected chi connectivity index (χ0v) is 18.1. The van der Waals surface area contributed by atoms with E-state index in [0.717, 1.165) is 49.5 Å². The quantitative estimate of drug-likeness (QED) is 0.539. The minimum absolute atomic E-state index is 0.0930. The lowest BCUT2D eigenvalue weighted by Gasteiger charge is -2.27. The molecule has 1 amide bonds. The number of nitrogens with zero attached hydrogens (tertiary/aromatic N) is 3. The maximum absolute atomic E-state index is 14.2. The first kappa shape index (κ1) is 21.2. The Morgan fingerprint density at radius 1 is 1.20 bits per heavy atom. The van der Waals surface area contributed by atoms with Crippen molar-refractivity contribution in [2.45, 2.75) is 12.8 Å². The van der Waals surface area contributed by atoms with Gasteiger partial charge in [0.25, 0.3) is 0 Å². The van der Waals surface area contributed by atoms with Gasteiger partial charge in [0.1, 0.15) is 11.3 Å². The zero-order valence-electron chi connectivity index (χ0n) is 16.5. The molecular formula is C22H23ClFN3O2S. The first-order valence-corrected chi connectivity index (χ1v) is 11.2. The first-order valence-electron chi connectivity index (χ1n) is 10.0. The van der Waals surface area contributed by atoms with Crippen LogP contribution in [0.4, 0.5) is 9.52 Å². The number of hydrogen-bond donors (Lipinski definition) is 0. The minimum Gasteiger partial charge on any atom is -0.379 e. The van der Waals surface area contributed by atoms with Crippen molar-refractivity contribution in [1.82, 2.24) is 9.88 Å². The van der Waals surface area contributed by atoms with Gasteiger partial charge in [-0.2, -0.15) is 0 Å². The number of carbonyl (C=O) groups excluding carboxylic acids is 1. The Bertz CT molecular complexity index is 1020. The van der Waals surface area contributed by atoms with Gasteiger partial charge in [0.15, 0.2) is 5.13 Å². The molecule has 2 aromatic carbocycles. The smallest absolute Gasteiger partial charge is 0.233 e. The third-order valence-electron chi connectivity index (χ3n) is 5.15. The summed E-state index contributed by atoms with van der Waals surface area (Å²) in [7, 11) is 0. The van der Waals surface area contributed by atoms with E-state index in [1.54, 1.807) is 17.0 Å². The molecule has 5 nitrogen and oxygen atoms in total. The summed E-state index contributed by atoms with van der Waals surface area (Å²) in [6, 6.07) is 12.2. The molecule has 0 spiro atoms. The molecule has 1 fully saturated rings. The summed E-state index contributed by atoms with van der Waals surface area (Å²) in [4.78, 5) is 21.7. The third kappa shape index (κ3) is 4.98. The van der Waals surface area contributed by atoms with Crippen LogP contribution >= 0.6 is 22.9 Å². The Morgan fingerprint density at radius 2 is 2.00 bits per heavy atom. The van der Waals surface area contributed by atoms with Gasteiger partial charge in [-0.25, -0.2) is 9.37 Å². The number of halogens is 2. The van der Waals surface area contributed by atoms with Crippen molar-refractivity contribution < 1.29 is 13.9 Å². The number of morpholine rings is 1. The van der Waals surface area contributed by atoms with Gasteiger partial charge in [-0.05, 0) is 30.2 Å². The summed E-state index contributed by atoms with van der Waals surface area (Å²) in [5.74, 6) is -0.466. The largest absolute Gasteiger partial charge is 0.379 e. The van der Waals surface area contributed by atoms with E-state index in [1.165, 1.54) is 17.4 Å². The highest BCUT2D eigenvalue weighted by Gasteiger charge is 2.22. The van der Waals surface area contributed by atoms with Gasteiger partial charge in [0.05, 0.1) is 24.3 Å². The van der Waals surface area contributed by atoms with Crippen LogP contribution < -0.4 is 4.90 Å². The Morgan fingerprint density at radius 3 is 2.77 bits per heavy atom. The van der Waals surface area contributed by atoms with Crippen molar-refractivity contribution in [3.63, 3.8) is 0 Å². The molecule has 4 rings (SSSR count). The van der Waals surface area contributed by atoms with Crippen LogP contribution in [0.1, 0.15) is 12.0 Å². The topological polar surface area (TPSA) is 45.7 Å². The average molecular weight is 448 g/mol. The van der Waals surface area contributed by atoms with E-state index in [0.29, 0.717) is 22.2 Å². The molecule has 158 valence electrons. The molecule has 0 N–H and O–H groups in total. The predicted molar refractivity (Wildman–Crippen MR) is 119 cm³/mol. The maximum atomic E-state index is 14.2. The van der Waals surface area contributed by atoms with Crippen molar-refractivity contribution in [3.8, 4) is 0 Å². The van der Waals surface area contributed by atoms with Crippen molar-refractivity contribution in [2.24, 2.45) is 0 Å². The fraction of sp³-hybridized carbons (Fsp3) is 0.364. The normalized spacial score (nSPS) is 14.9. The van der Waals surface area contributed by atoms with Crippen molar-refractivity contribution in [3.05, 3.63) is 58.9 Å². The molecule has 8 heteroatoms. The average Bonchev–Trinajstić information content (AvgIpc) is 3.19. The van der Waals surface area contributed by atoms with Crippen LogP contribution in [0.15, 0.2) is 42.5 Å². The Kier molecular flexibility index (Phi) is 6.94. The highest BCUT2D eigenvalue weighted by Crippen LogP contribution is 2.31. The third-order valence-corrected chi connectivity index (χ3v) is 6.56. The molecule has 3 aromatic rings. The van der Waals surface area contributed by atoms with E-state index in [9.17, 15) is 9.18 Å². The van der Waals surface area contributed by atoms with Gasteiger partial charge >= 0.3 is 0 Å². The van der Waals surface area contributed by atoms with Gasteiger partial charge in [0.2, 0.25) is 5.91 Å². The number of anilines is 1.